The number of nitrogens with zero attached hydrogens (tertiary/aromatic N) is 1. The molecule has 3 nitrogen and oxygen atoms in total. The van der Waals surface area contributed by atoms with Crippen LogP contribution in [0.3, 0.4) is 0 Å². The molecule has 1 unspecified atom stereocenters. The molecule has 1 amide bonds. The van der Waals surface area contributed by atoms with Crippen LogP contribution in [0.5, 0.6) is 0 Å². The SMILES string of the molecule is CC1N=C(c2cccc(C3CC3)c2)c2cccc(Cl)c2NC1=O. The molecule has 0 saturated heterocycles. The van der Waals surface area contributed by atoms with Gasteiger partial charge in [0.25, 0.3) is 0 Å². The summed E-state index contributed by atoms with van der Waals surface area (Å²) >= 11 is 6.30. The molecule has 1 atom stereocenters. The molecule has 0 bridgehead atoms. The topological polar surface area (TPSA) is 41.5 Å². The maximum Gasteiger partial charge on any atom is 0.248 e. The summed E-state index contributed by atoms with van der Waals surface area (Å²) in [5.41, 5.74) is 4.75. The Morgan fingerprint density at radius 1 is 1.17 bits per heavy atom. The molecule has 1 heterocycles. The standard InChI is InChI=1S/C19H17ClN2O/c1-11-19(23)22-18-15(6-3-7-16(18)20)17(21-11)14-5-2-4-13(10-14)12-8-9-12/h2-7,10-12H,8-9H2,1H3,(H,22,23). The molecule has 1 aliphatic carbocycles. The summed E-state index contributed by atoms with van der Waals surface area (Å²) in [6, 6.07) is 13.7. The van der Waals surface area contributed by atoms with Crippen LogP contribution >= 0.6 is 11.6 Å². The predicted molar refractivity (Wildman–Crippen MR) is 93.6 cm³/mol. The van der Waals surface area contributed by atoms with Crippen LogP contribution in [-0.2, 0) is 4.79 Å². The molecule has 1 fully saturated rings. The number of hydrogen-bond donors (Lipinski definition) is 1. The van der Waals surface area contributed by atoms with E-state index < -0.39 is 6.04 Å². The molecule has 1 saturated carbocycles. The summed E-state index contributed by atoms with van der Waals surface area (Å²) in [5, 5.41) is 3.44. The van der Waals surface area contributed by atoms with Crippen molar-refractivity contribution in [1.29, 1.82) is 0 Å². The Hall–Kier alpha value is -2.13. The van der Waals surface area contributed by atoms with Crippen molar-refractivity contribution in [2.75, 3.05) is 5.32 Å². The van der Waals surface area contributed by atoms with Gasteiger partial charge in [-0.1, -0.05) is 41.9 Å². The van der Waals surface area contributed by atoms with Crippen LogP contribution < -0.4 is 5.32 Å². The Labute approximate surface area is 140 Å². The number of benzene rings is 2. The molecule has 0 aromatic heterocycles. The number of nitrogens with one attached hydrogen (secondary N) is 1. The van der Waals surface area contributed by atoms with Gasteiger partial charge in [-0.25, -0.2) is 0 Å². The van der Waals surface area contributed by atoms with Crippen molar-refractivity contribution in [3.8, 4) is 0 Å². The van der Waals surface area contributed by atoms with Gasteiger partial charge in [0.15, 0.2) is 0 Å². The first-order chi connectivity index (χ1) is 11.1. The lowest BCUT2D eigenvalue weighted by molar-refractivity contribution is -0.116. The highest BCUT2D eigenvalue weighted by atomic mass is 35.5. The molecule has 2 aromatic rings. The Bertz CT molecular complexity index is 824. The third-order valence-electron chi connectivity index (χ3n) is 4.43. The van der Waals surface area contributed by atoms with Crippen molar-refractivity contribution < 1.29 is 4.79 Å². The van der Waals surface area contributed by atoms with Gasteiger partial charge < -0.3 is 5.32 Å². The Morgan fingerprint density at radius 2 is 1.96 bits per heavy atom. The summed E-state index contributed by atoms with van der Waals surface area (Å²) < 4.78 is 0. The highest BCUT2D eigenvalue weighted by Crippen LogP contribution is 2.40. The van der Waals surface area contributed by atoms with Gasteiger partial charge in [-0.2, -0.15) is 0 Å². The van der Waals surface area contributed by atoms with Gasteiger partial charge in [0.1, 0.15) is 6.04 Å². The van der Waals surface area contributed by atoms with E-state index in [1.54, 1.807) is 13.0 Å². The zero-order valence-corrected chi connectivity index (χ0v) is 13.6. The largest absolute Gasteiger partial charge is 0.322 e. The van der Waals surface area contributed by atoms with E-state index in [1.807, 2.05) is 12.1 Å². The summed E-state index contributed by atoms with van der Waals surface area (Å²) in [4.78, 5) is 16.9. The van der Waals surface area contributed by atoms with Gasteiger partial charge in [0, 0.05) is 11.1 Å². The number of benzodiazepines with no additional fused rings is 1. The number of halogens is 1. The van der Waals surface area contributed by atoms with Gasteiger partial charge in [-0.3, -0.25) is 9.79 Å². The zero-order chi connectivity index (χ0) is 16.0. The predicted octanol–water partition coefficient (Wildman–Crippen LogP) is 4.40. The minimum Gasteiger partial charge on any atom is -0.322 e. The second-order valence-corrected chi connectivity index (χ2v) is 6.61. The fourth-order valence-electron chi connectivity index (χ4n) is 2.98. The second kappa shape index (κ2) is 5.50. The Kier molecular flexibility index (Phi) is 3.46. The van der Waals surface area contributed by atoms with Gasteiger partial charge in [0.2, 0.25) is 5.91 Å². The molecule has 23 heavy (non-hydrogen) atoms. The average Bonchev–Trinajstić information content (AvgIpc) is 3.39. The lowest BCUT2D eigenvalue weighted by atomic mass is 9.97. The van der Waals surface area contributed by atoms with E-state index in [0.29, 0.717) is 16.6 Å². The second-order valence-electron chi connectivity index (χ2n) is 6.21. The summed E-state index contributed by atoms with van der Waals surface area (Å²) in [6.45, 7) is 1.81. The number of rotatable bonds is 2. The maximum atomic E-state index is 12.2. The number of hydrogen-bond acceptors (Lipinski definition) is 2. The average molecular weight is 325 g/mol. The normalized spacial score (nSPS) is 20.3. The zero-order valence-electron chi connectivity index (χ0n) is 12.8. The van der Waals surface area contributed by atoms with Crippen LogP contribution in [0.2, 0.25) is 5.02 Å². The fraction of sp³-hybridized carbons (Fsp3) is 0.263. The number of para-hydroxylation sites is 1. The molecule has 0 radical (unpaired) electrons. The number of carbonyl (C=O) groups is 1. The van der Waals surface area contributed by atoms with E-state index in [2.05, 4.69) is 34.6 Å². The van der Waals surface area contributed by atoms with E-state index in [4.69, 9.17) is 11.6 Å². The van der Waals surface area contributed by atoms with Crippen LogP contribution in [-0.4, -0.2) is 17.7 Å². The van der Waals surface area contributed by atoms with Crippen LogP contribution in [0.15, 0.2) is 47.5 Å². The summed E-state index contributed by atoms with van der Waals surface area (Å²) in [7, 11) is 0. The third-order valence-corrected chi connectivity index (χ3v) is 4.74. The number of fused-ring (bicyclic) bond motifs is 1. The van der Waals surface area contributed by atoms with Gasteiger partial charge in [-0.05, 0) is 43.4 Å². The molecule has 0 spiro atoms. The van der Waals surface area contributed by atoms with E-state index >= 15 is 0 Å². The summed E-state index contributed by atoms with van der Waals surface area (Å²) in [6.07, 6.45) is 2.52. The van der Waals surface area contributed by atoms with Gasteiger partial charge in [-0.15, -0.1) is 0 Å². The molecular formula is C19H17ClN2O. The molecule has 116 valence electrons. The molecule has 4 rings (SSSR count). The first kappa shape index (κ1) is 14.5. The van der Waals surface area contributed by atoms with Crippen molar-refractivity contribution in [1.82, 2.24) is 0 Å². The van der Waals surface area contributed by atoms with Crippen molar-refractivity contribution in [2.45, 2.75) is 31.7 Å². The highest BCUT2D eigenvalue weighted by molar-refractivity contribution is 6.35. The lowest BCUT2D eigenvalue weighted by Crippen LogP contribution is -2.22. The monoisotopic (exact) mass is 324 g/mol. The van der Waals surface area contributed by atoms with Crippen LogP contribution in [0.1, 0.15) is 42.4 Å². The minimum absolute atomic E-state index is 0.132. The van der Waals surface area contributed by atoms with E-state index in [0.717, 1.165) is 16.8 Å². The van der Waals surface area contributed by atoms with Gasteiger partial charge >= 0.3 is 0 Å². The van der Waals surface area contributed by atoms with Crippen LogP contribution in [0, 0.1) is 0 Å². The molecular weight excluding hydrogens is 308 g/mol. The molecule has 2 aliphatic rings. The number of amides is 1. The van der Waals surface area contributed by atoms with Crippen molar-refractivity contribution in [3.63, 3.8) is 0 Å². The van der Waals surface area contributed by atoms with E-state index in [-0.39, 0.29) is 5.91 Å². The molecule has 1 N–H and O–H groups in total. The van der Waals surface area contributed by atoms with Crippen LogP contribution in [0.4, 0.5) is 5.69 Å². The van der Waals surface area contributed by atoms with Crippen molar-refractivity contribution in [2.24, 2.45) is 4.99 Å². The Balaban J connectivity index is 1.89. The smallest absolute Gasteiger partial charge is 0.248 e. The Morgan fingerprint density at radius 3 is 2.74 bits per heavy atom. The van der Waals surface area contributed by atoms with E-state index in [9.17, 15) is 4.79 Å². The van der Waals surface area contributed by atoms with Crippen molar-refractivity contribution in [3.05, 3.63) is 64.2 Å². The van der Waals surface area contributed by atoms with E-state index in [1.165, 1.54) is 18.4 Å². The quantitative estimate of drug-likeness (QED) is 0.874. The first-order valence-electron chi connectivity index (χ1n) is 7.91. The lowest BCUT2D eigenvalue weighted by Gasteiger charge is -2.12. The fourth-order valence-corrected chi connectivity index (χ4v) is 3.21. The molecule has 2 aromatic carbocycles. The molecule has 1 aliphatic heterocycles. The van der Waals surface area contributed by atoms with Gasteiger partial charge in [0.05, 0.1) is 16.4 Å². The summed E-state index contributed by atoms with van der Waals surface area (Å²) in [5.74, 6) is 0.546. The van der Waals surface area contributed by atoms with Crippen molar-refractivity contribution >= 4 is 28.9 Å². The third kappa shape index (κ3) is 2.66. The highest BCUT2D eigenvalue weighted by Gasteiger charge is 2.26. The number of carbonyl (C=O) groups excluding carboxylic acids is 1. The maximum absolute atomic E-state index is 12.2. The number of anilines is 1. The van der Waals surface area contributed by atoms with Crippen LogP contribution in [0.25, 0.3) is 0 Å². The first-order valence-corrected chi connectivity index (χ1v) is 8.29. The molecule has 4 heteroatoms. The minimum atomic E-state index is -0.446. The number of aliphatic imine (C=N–C) groups is 1.